The average Bonchev–Trinajstić information content (AvgIpc) is 3.04. The summed E-state index contributed by atoms with van der Waals surface area (Å²) in [5.41, 5.74) is 5.17. The Hall–Kier alpha value is -3.94. The third-order valence-electron chi connectivity index (χ3n) is 7.81. The van der Waals surface area contributed by atoms with Crippen molar-refractivity contribution in [3.63, 3.8) is 0 Å². The van der Waals surface area contributed by atoms with Gasteiger partial charge in [0.15, 0.2) is 5.16 Å². The van der Waals surface area contributed by atoms with Crippen molar-refractivity contribution < 1.29 is 4.79 Å². The molecule has 5 rings (SSSR count). The Morgan fingerprint density at radius 1 is 0.864 bits per heavy atom. The van der Waals surface area contributed by atoms with Crippen molar-refractivity contribution in [3.05, 3.63) is 125 Å². The van der Waals surface area contributed by atoms with Crippen LogP contribution in [0.25, 0.3) is 6.08 Å². The summed E-state index contributed by atoms with van der Waals surface area (Å²) in [6.45, 7) is 12.0. The van der Waals surface area contributed by atoms with Gasteiger partial charge in [-0.2, -0.15) is 0 Å². The van der Waals surface area contributed by atoms with Gasteiger partial charge in [0.2, 0.25) is 0 Å². The molecule has 228 valence electrons. The first-order chi connectivity index (χ1) is 21.2. The summed E-state index contributed by atoms with van der Waals surface area (Å²) in [4.78, 5) is 29.6. The smallest absolute Gasteiger partial charge is 0.253 e. The lowest BCUT2D eigenvalue weighted by Gasteiger charge is -2.35. The molecule has 1 amide bonds. The molecule has 1 aliphatic heterocycles. The molecule has 1 fully saturated rings. The molecule has 0 aliphatic carbocycles. The maximum Gasteiger partial charge on any atom is 0.253 e. The van der Waals surface area contributed by atoms with Crippen molar-refractivity contribution in [2.45, 2.75) is 43.6 Å². The van der Waals surface area contributed by atoms with Gasteiger partial charge in [0.25, 0.3) is 5.91 Å². The Kier molecular flexibility index (Phi) is 10.5. The van der Waals surface area contributed by atoms with E-state index in [0.29, 0.717) is 12.1 Å². The average molecular weight is 606 g/mol. The van der Waals surface area contributed by atoms with E-state index in [4.69, 9.17) is 9.97 Å². The van der Waals surface area contributed by atoms with Gasteiger partial charge in [-0.25, -0.2) is 9.97 Å². The Bertz CT molecular complexity index is 1530. The third kappa shape index (κ3) is 8.80. The molecule has 0 atom stereocenters. The van der Waals surface area contributed by atoms with E-state index in [-0.39, 0.29) is 11.3 Å². The first-order valence-electron chi connectivity index (χ1n) is 15.3. The maximum absolute atomic E-state index is 13.0. The Balaban J connectivity index is 1.18. The molecule has 7 heteroatoms. The number of benzene rings is 3. The van der Waals surface area contributed by atoms with E-state index in [2.05, 4.69) is 73.1 Å². The second-order valence-electron chi connectivity index (χ2n) is 12.4. The van der Waals surface area contributed by atoms with Crippen molar-refractivity contribution in [3.8, 4) is 0 Å². The second kappa shape index (κ2) is 14.7. The fraction of sp³-hybridized carbons (Fsp3) is 0.324. The predicted octanol–water partition coefficient (Wildman–Crippen LogP) is 7.17. The summed E-state index contributed by atoms with van der Waals surface area (Å²) in [5.74, 6) is 1.77. The van der Waals surface area contributed by atoms with Gasteiger partial charge in [-0.3, -0.25) is 9.69 Å². The summed E-state index contributed by atoms with van der Waals surface area (Å²) < 4.78 is 0. The summed E-state index contributed by atoms with van der Waals surface area (Å²) in [7, 11) is 1.85. The van der Waals surface area contributed by atoms with Crippen LogP contribution >= 0.6 is 11.8 Å². The summed E-state index contributed by atoms with van der Waals surface area (Å²) in [6, 6.07) is 30.6. The first-order valence-corrected chi connectivity index (χ1v) is 16.3. The lowest BCUT2D eigenvalue weighted by atomic mass is 9.92. The molecule has 0 spiro atoms. The molecule has 0 N–H and O–H groups in total. The second-order valence-corrected chi connectivity index (χ2v) is 13.3. The summed E-state index contributed by atoms with van der Waals surface area (Å²) >= 11 is 1.65. The SMILES string of the molecule is CN(Cc1ccccc1)C(=O)c1ccc(CSc2nc(N3CCN(C/C=C/c4ccccc4)CC3)cc(C(C)(C)C)n2)cc1. The molecule has 3 aromatic carbocycles. The maximum atomic E-state index is 13.0. The van der Waals surface area contributed by atoms with Crippen LogP contribution in [0.4, 0.5) is 5.82 Å². The van der Waals surface area contributed by atoms with E-state index < -0.39 is 0 Å². The molecule has 0 bridgehead atoms. The fourth-order valence-corrected chi connectivity index (χ4v) is 5.94. The number of carbonyl (C=O) groups excluding carboxylic acids is 1. The summed E-state index contributed by atoms with van der Waals surface area (Å²) in [5, 5.41) is 0.795. The van der Waals surface area contributed by atoms with E-state index in [9.17, 15) is 4.79 Å². The molecular formula is C37H43N5OS. The van der Waals surface area contributed by atoms with Crippen molar-refractivity contribution in [1.82, 2.24) is 19.8 Å². The van der Waals surface area contributed by atoms with E-state index in [1.165, 1.54) is 5.56 Å². The fourth-order valence-electron chi connectivity index (χ4n) is 5.13. The van der Waals surface area contributed by atoms with Crippen LogP contribution in [-0.4, -0.2) is 65.4 Å². The van der Waals surface area contributed by atoms with Crippen molar-refractivity contribution >= 4 is 29.6 Å². The van der Waals surface area contributed by atoms with Crippen LogP contribution < -0.4 is 4.90 Å². The monoisotopic (exact) mass is 605 g/mol. The Morgan fingerprint density at radius 2 is 1.52 bits per heavy atom. The van der Waals surface area contributed by atoms with Crippen LogP contribution in [0.15, 0.2) is 102 Å². The van der Waals surface area contributed by atoms with E-state index in [0.717, 1.165) is 66.3 Å². The Labute approximate surface area is 266 Å². The van der Waals surface area contributed by atoms with Gasteiger partial charge in [-0.15, -0.1) is 0 Å². The van der Waals surface area contributed by atoms with Gasteiger partial charge in [0, 0.05) is 69.1 Å². The topological polar surface area (TPSA) is 52.6 Å². The minimum Gasteiger partial charge on any atom is -0.354 e. The molecule has 1 aliphatic rings. The molecule has 1 saturated heterocycles. The van der Waals surface area contributed by atoms with Crippen LogP contribution in [0.3, 0.4) is 0 Å². The number of amides is 1. The van der Waals surface area contributed by atoms with Crippen molar-refractivity contribution in [1.29, 1.82) is 0 Å². The largest absolute Gasteiger partial charge is 0.354 e. The summed E-state index contributed by atoms with van der Waals surface area (Å²) in [6.07, 6.45) is 4.46. The molecule has 44 heavy (non-hydrogen) atoms. The standard InChI is InChI=1S/C37H43N5OS/c1-37(2,3)33-26-34(42-24-22-41(23-25-42)21-11-16-29-12-7-5-8-13-29)39-36(38-33)44-28-31-17-19-32(20-18-31)35(43)40(4)27-30-14-9-6-10-15-30/h5-20,26H,21-25,27-28H2,1-4H3/b16-11+. The predicted molar refractivity (Wildman–Crippen MR) is 183 cm³/mol. The number of nitrogens with zero attached hydrogens (tertiary/aromatic N) is 5. The lowest BCUT2D eigenvalue weighted by Crippen LogP contribution is -2.46. The zero-order chi connectivity index (χ0) is 30.9. The van der Waals surface area contributed by atoms with Crippen LogP contribution in [-0.2, 0) is 17.7 Å². The van der Waals surface area contributed by atoms with E-state index >= 15 is 0 Å². The molecule has 0 radical (unpaired) electrons. The third-order valence-corrected chi connectivity index (χ3v) is 8.73. The molecule has 2 heterocycles. The van der Waals surface area contributed by atoms with Crippen LogP contribution in [0.5, 0.6) is 0 Å². The number of hydrogen-bond acceptors (Lipinski definition) is 6. The van der Waals surface area contributed by atoms with Crippen LogP contribution in [0, 0.1) is 0 Å². The van der Waals surface area contributed by atoms with Gasteiger partial charge in [-0.1, -0.05) is 117 Å². The van der Waals surface area contributed by atoms with Gasteiger partial charge in [0.05, 0.1) is 5.69 Å². The number of rotatable bonds is 10. The number of piperazine rings is 1. The zero-order valence-electron chi connectivity index (χ0n) is 26.3. The highest BCUT2D eigenvalue weighted by Crippen LogP contribution is 2.29. The molecular weight excluding hydrogens is 563 g/mol. The minimum atomic E-state index is -0.0785. The molecule has 0 unspecified atom stereocenters. The Morgan fingerprint density at radius 3 is 2.18 bits per heavy atom. The van der Waals surface area contributed by atoms with Gasteiger partial charge in [0.1, 0.15) is 5.82 Å². The van der Waals surface area contributed by atoms with Gasteiger partial charge in [-0.05, 0) is 28.8 Å². The zero-order valence-corrected chi connectivity index (χ0v) is 27.1. The van der Waals surface area contributed by atoms with Crippen molar-refractivity contribution in [2.75, 3.05) is 44.7 Å². The number of hydrogen-bond donors (Lipinski definition) is 0. The highest BCUT2D eigenvalue weighted by Gasteiger charge is 2.23. The molecule has 6 nitrogen and oxygen atoms in total. The van der Waals surface area contributed by atoms with Crippen LogP contribution in [0.1, 0.15) is 53.5 Å². The number of aromatic nitrogens is 2. The van der Waals surface area contributed by atoms with Crippen LogP contribution in [0.2, 0.25) is 0 Å². The van der Waals surface area contributed by atoms with Gasteiger partial charge >= 0.3 is 0 Å². The number of carbonyl (C=O) groups is 1. The normalized spacial score (nSPS) is 14.2. The molecule has 1 aromatic heterocycles. The quantitative estimate of drug-likeness (QED) is 0.141. The number of anilines is 1. The first kappa shape index (κ1) is 31.5. The number of thioether (sulfide) groups is 1. The highest BCUT2D eigenvalue weighted by molar-refractivity contribution is 7.98. The van der Waals surface area contributed by atoms with Gasteiger partial charge < -0.3 is 9.80 Å². The minimum absolute atomic E-state index is 0.0197. The molecule has 4 aromatic rings. The van der Waals surface area contributed by atoms with Crippen molar-refractivity contribution in [2.24, 2.45) is 0 Å². The highest BCUT2D eigenvalue weighted by atomic mass is 32.2. The van der Waals surface area contributed by atoms with E-state index in [1.807, 2.05) is 67.7 Å². The lowest BCUT2D eigenvalue weighted by molar-refractivity contribution is 0.0785. The molecule has 0 saturated carbocycles. The van der Waals surface area contributed by atoms with E-state index in [1.54, 1.807) is 16.7 Å².